The second-order valence-corrected chi connectivity index (χ2v) is 10.2. The van der Waals surface area contributed by atoms with E-state index in [2.05, 4.69) is 9.83 Å². The molecule has 0 aliphatic carbocycles. The highest BCUT2D eigenvalue weighted by Crippen LogP contribution is 2.40. The summed E-state index contributed by atoms with van der Waals surface area (Å²) in [6.07, 6.45) is -1.29. The molecule has 1 saturated heterocycles. The summed E-state index contributed by atoms with van der Waals surface area (Å²) in [5.41, 5.74) is 0.0342. The fourth-order valence-corrected chi connectivity index (χ4v) is 5.16. The Hall–Kier alpha value is -3.68. The number of thiocarbonyl (C=S) groups is 1. The SMILES string of the molecule is [C-]#[N+]c1ccc(N2C(=O)C(C)(C)N(CCCOc3ccc(-c4ccncc4)c(C(F)(F)F)c3)C2=S)c(C)c1Cl. The number of amides is 1. The molecule has 0 bridgehead atoms. The predicted octanol–water partition coefficient (Wildman–Crippen LogP) is 7.46. The monoisotopic (exact) mass is 572 g/mol. The van der Waals surface area contributed by atoms with Crippen LogP contribution in [0, 0.1) is 13.5 Å². The summed E-state index contributed by atoms with van der Waals surface area (Å²) in [6.45, 7) is 12.9. The third-order valence-corrected chi connectivity index (χ3v) is 7.48. The molecule has 2 heterocycles. The molecule has 4 rings (SSSR count). The molecule has 1 aliphatic rings. The van der Waals surface area contributed by atoms with Crippen LogP contribution in [0.5, 0.6) is 5.75 Å². The van der Waals surface area contributed by atoms with E-state index in [4.69, 9.17) is 35.1 Å². The Labute approximate surface area is 234 Å². The van der Waals surface area contributed by atoms with Gasteiger partial charge < -0.3 is 9.64 Å². The van der Waals surface area contributed by atoms with E-state index in [0.717, 1.165) is 6.07 Å². The summed E-state index contributed by atoms with van der Waals surface area (Å²) in [4.78, 5) is 23.8. The van der Waals surface area contributed by atoms with Crippen molar-refractivity contribution in [2.45, 2.75) is 38.9 Å². The molecule has 6 nitrogen and oxygen atoms in total. The van der Waals surface area contributed by atoms with E-state index < -0.39 is 17.3 Å². The number of hydrogen-bond acceptors (Lipinski definition) is 4. The molecule has 0 saturated carbocycles. The molecular formula is C28H24ClF3N4O2S. The van der Waals surface area contributed by atoms with Crippen LogP contribution in [0.1, 0.15) is 31.4 Å². The number of alkyl halides is 3. The van der Waals surface area contributed by atoms with Crippen molar-refractivity contribution in [3.8, 4) is 16.9 Å². The first-order chi connectivity index (χ1) is 18.4. The highest BCUT2D eigenvalue weighted by Gasteiger charge is 2.49. The van der Waals surface area contributed by atoms with Gasteiger partial charge >= 0.3 is 6.18 Å². The first kappa shape index (κ1) is 28.3. The van der Waals surface area contributed by atoms with Gasteiger partial charge in [-0.1, -0.05) is 23.7 Å². The van der Waals surface area contributed by atoms with Crippen molar-refractivity contribution in [1.82, 2.24) is 9.88 Å². The van der Waals surface area contributed by atoms with Crippen molar-refractivity contribution in [2.75, 3.05) is 18.1 Å². The average molecular weight is 573 g/mol. The van der Waals surface area contributed by atoms with E-state index in [1.807, 2.05) is 0 Å². The van der Waals surface area contributed by atoms with Gasteiger partial charge in [-0.3, -0.25) is 14.7 Å². The second-order valence-electron chi connectivity index (χ2n) is 9.43. The van der Waals surface area contributed by atoms with Gasteiger partial charge in [-0.05, 0) is 86.4 Å². The van der Waals surface area contributed by atoms with Gasteiger partial charge in [0.05, 0.1) is 29.5 Å². The lowest BCUT2D eigenvalue weighted by Gasteiger charge is -2.29. The summed E-state index contributed by atoms with van der Waals surface area (Å²) in [6, 6.07) is 10.1. The van der Waals surface area contributed by atoms with Gasteiger partial charge in [-0.2, -0.15) is 13.2 Å². The summed E-state index contributed by atoms with van der Waals surface area (Å²) in [5, 5.41) is 0.539. The number of carbonyl (C=O) groups is 1. The maximum absolute atomic E-state index is 13.8. The average Bonchev–Trinajstić information content (AvgIpc) is 3.07. The third-order valence-electron chi connectivity index (χ3n) is 6.60. The Kier molecular flexibility index (Phi) is 7.87. The zero-order valence-electron chi connectivity index (χ0n) is 21.3. The van der Waals surface area contributed by atoms with Crippen LogP contribution in [-0.4, -0.2) is 39.6 Å². The van der Waals surface area contributed by atoms with E-state index in [9.17, 15) is 18.0 Å². The molecule has 1 aliphatic heterocycles. The van der Waals surface area contributed by atoms with Gasteiger partial charge in [-0.25, -0.2) is 4.85 Å². The summed E-state index contributed by atoms with van der Waals surface area (Å²) >= 11 is 12.0. The Morgan fingerprint density at radius 2 is 1.85 bits per heavy atom. The fraction of sp³-hybridized carbons (Fsp3) is 0.286. The van der Waals surface area contributed by atoms with Gasteiger partial charge in [0.15, 0.2) is 5.11 Å². The molecular weight excluding hydrogens is 549 g/mol. The first-order valence-corrected chi connectivity index (χ1v) is 12.7. The van der Waals surface area contributed by atoms with Crippen LogP contribution in [0.15, 0.2) is 54.9 Å². The minimum atomic E-state index is -4.57. The lowest BCUT2D eigenvalue weighted by atomic mass is 10.00. The predicted molar refractivity (Wildman–Crippen MR) is 148 cm³/mol. The van der Waals surface area contributed by atoms with Crippen LogP contribution in [0.25, 0.3) is 16.0 Å². The van der Waals surface area contributed by atoms with Crippen molar-refractivity contribution in [1.29, 1.82) is 0 Å². The Morgan fingerprint density at radius 1 is 1.15 bits per heavy atom. The smallest absolute Gasteiger partial charge is 0.417 e. The highest BCUT2D eigenvalue weighted by atomic mass is 35.5. The number of benzene rings is 2. The Bertz CT molecular complexity index is 1470. The van der Waals surface area contributed by atoms with Crippen LogP contribution in [0.2, 0.25) is 5.02 Å². The molecule has 1 aromatic heterocycles. The Balaban J connectivity index is 1.47. The van der Waals surface area contributed by atoms with E-state index >= 15 is 0 Å². The molecule has 3 aromatic rings. The number of halogens is 4. The fourth-order valence-electron chi connectivity index (χ4n) is 4.46. The molecule has 1 fully saturated rings. The summed E-state index contributed by atoms with van der Waals surface area (Å²) in [5.74, 6) is -0.157. The maximum Gasteiger partial charge on any atom is 0.417 e. The second kappa shape index (κ2) is 10.8. The topological polar surface area (TPSA) is 50.0 Å². The van der Waals surface area contributed by atoms with Crippen LogP contribution in [0.4, 0.5) is 24.5 Å². The van der Waals surface area contributed by atoms with Crippen LogP contribution >= 0.6 is 23.8 Å². The standard InChI is InChI=1S/C28H24ClF3N4O2S/c1-17-23(9-8-22(33-4)24(17)29)36-25(37)27(2,3)35(26(36)39)14-5-15-38-19-6-7-20(18-10-12-34-13-11-18)21(16-19)28(30,31)32/h6-13,16H,5,14-15H2,1-3H3. The number of nitrogens with zero attached hydrogens (tertiary/aromatic N) is 4. The third kappa shape index (κ3) is 5.42. The number of pyridine rings is 1. The van der Waals surface area contributed by atoms with Crippen LogP contribution < -0.4 is 9.64 Å². The molecule has 0 N–H and O–H groups in total. The number of rotatable bonds is 7. The van der Waals surface area contributed by atoms with E-state index in [1.54, 1.807) is 37.8 Å². The van der Waals surface area contributed by atoms with Crippen molar-refractivity contribution in [2.24, 2.45) is 0 Å². The normalized spacial score (nSPS) is 15.0. The van der Waals surface area contributed by atoms with E-state index in [-0.39, 0.29) is 39.6 Å². The molecule has 11 heteroatoms. The molecule has 0 atom stereocenters. The van der Waals surface area contributed by atoms with Crippen molar-refractivity contribution < 1.29 is 22.7 Å². The van der Waals surface area contributed by atoms with Gasteiger partial charge in [0.25, 0.3) is 5.91 Å². The Morgan fingerprint density at radius 3 is 2.49 bits per heavy atom. The van der Waals surface area contributed by atoms with Crippen LogP contribution in [0.3, 0.4) is 0 Å². The van der Waals surface area contributed by atoms with Gasteiger partial charge in [0.1, 0.15) is 11.3 Å². The molecule has 202 valence electrons. The molecule has 1 amide bonds. The quantitative estimate of drug-likeness (QED) is 0.167. The number of anilines is 1. The van der Waals surface area contributed by atoms with Crippen molar-refractivity contribution in [3.63, 3.8) is 0 Å². The number of aromatic nitrogens is 1. The van der Waals surface area contributed by atoms with Crippen molar-refractivity contribution in [3.05, 3.63) is 82.4 Å². The number of ether oxygens (including phenoxy) is 1. The minimum Gasteiger partial charge on any atom is -0.494 e. The molecule has 0 spiro atoms. The maximum atomic E-state index is 13.8. The summed E-state index contributed by atoms with van der Waals surface area (Å²) in [7, 11) is 0. The largest absolute Gasteiger partial charge is 0.494 e. The molecule has 2 aromatic carbocycles. The van der Waals surface area contributed by atoms with Crippen molar-refractivity contribution >= 4 is 46.2 Å². The summed E-state index contributed by atoms with van der Waals surface area (Å²) < 4.78 is 47.0. The molecule has 39 heavy (non-hydrogen) atoms. The lowest BCUT2D eigenvalue weighted by Crippen LogP contribution is -2.44. The van der Waals surface area contributed by atoms with Gasteiger partial charge in [-0.15, -0.1) is 0 Å². The van der Waals surface area contributed by atoms with Gasteiger partial charge in [0, 0.05) is 18.9 Å². The molecule has 0 radical (unpaired) electrons. The molecule has 0 unspecified atom stereocenters. The first-order valence-electron chi connectivity index (χ1n) is 11.9. The van der Waals surface area contributed by atoms with E-state index in [1.165, 1.54) is 41.6 Å². The zero-order valence-corrected chi connectivity index (χ0v) is 22.9. The van der Waals surface area contributed by atoms with Crippen LogP contribution in [-0.2, 0) is 11.0 Å². The highest BCUT2D eigenvalue weighted by molar-refractivity contribution is 7.80. The lowest BCUT2D eigenvalue weighted by molar-refractivity contribution is -0.137. The van der Waals surface area contributed by atoms with Gasteiger partial charge in [0.2, 0.25) is 5.69 Å². The zero-order chi connectivity index (χ0) is 28.5. The number of carbonyl (C=O) groups excluding carboxylic acids is 1. The number of hydrogen-bond donors (Lipinski definition) is 0. The minimum absolute atomic E-state index is 0.0415. The van der Waals surface area contributed by atoms with E-state index in [0.29, 0.717) is 29.8 Å².